The second-order valence-corrected chi connectivity index (χ2v) is 10.1. The molecule has 0 radical (unpaired) electrons. The number of aromatic nitrogens is 4. The van der Waals surface area contributed by atoms with Gasteiger partial charge in [0.05, 0.1) is 16.4 Å². The lowest BCUT2D eigenvalue weighted by Crippen LogP contribution is -2.00. The van der Waals surface area contributed by atoms with Crippen LogP contribution in [0, 0.1) is 6.92 Å². The van der Waals surface area contributed by atoms with E-state index in [-0.39, 0.29) is 5.41 Å². The molecule has 0 atom stereocenters. The fourth-order valence-corrected chi connectivity index (χ4v) is 5.14. The van der Waals surface area contributed by atoms with Gasteiger partial charge in [-0.2, -0.15) is 5.10 Å². The predicted molar refractivity (Wildman–Crippen MR) is 124 cm³/mol. The van der Waals surface area contributed by atoms with Crippen molar-refractivity contribution in [2.24, 2.45) is 0 Å². The largest absolute Gasteiger partial charge is 0.231 e. The molecule has 2 heterocycles. The van der Waals surface area contributed by atoms with Crippen molar-refractivity contribution in [3.05, 3.63) is 68.1 Å². The Balaban J connectivity index is 1.71. The molecule has 0 spiro atoms. The quantitative estimate of drug-likeness (QED) is 0.309. The van der Waals surface area contributed by atoms with E-state index in [9.17, 15) is 0 Å². The Morgan fingerprint density at radius 2 is 1.67 bits per heavy atom. The van der Waals surface area contributed by atoms with Gasteiger partial charge in [0.1, 0.15) is 10.7 Å². The molecule has 1 aliphatic rings. The molecule has 0 N–H and O–H groups in total. The summed E-state index contributed by atoms with van der Waals surface area (Å²) in [5.41, 5.74) is 4.65. The average Bonchev–Trinajstić information content (AvgIpc) is 3.13. The Morgan fingerprint density at radius 3 is 2.33 bits per heavy atom. The van der Waals surface area contributed by atoms with Crippen molar-refractivity contribution in [3.8, 4) is 27.6 Å². The maximum Gasteiger partial charge on any atom is 0.168 e. The van der Waals surface area contributed by atoms with Crippen LogP contribution in [0.25, 0.3) is 27.6 Å². The van der Waals surface area contributed by atoms with E-state index in [1.165, 1.54) is 0 Å². The maximum absolute atomic E-state index is 6.54. The highest BCUT2D eigenvalue weighted by Crippen LogP contribution is 2.49. The molecule has 1 saturated carbocycles. The minimum Gasteiger partial charge on any atom is -0.231 e. The van der Waals surface area contributed by atoms with E-state index < -0.39 is 0 Å². The SMILES string of the molecule is Cc1c(-c2nnc(C3(C)CC3)s2)nn(-c2ccc(Cl)cc2Cl)c1-c1ccc(Cl)cc1. The monoisotopic (exact) mass is 474 g/mol. The lowest BCUT2D eigenvalue weighted by atomic mass is 10.1. The number of halogens is 3. The molecule has 0 saturated heterocycles. The second-order valence-electron chi connectivity index (χ2n) is 7.81. The highest BCUT2D eigenvalue weighted by atomic mass is 35.5. The van der Waals surface area contributed by atoms with Crippen LogP contribution in [0.5, 0.6) is 0 Å². The third-order valence-electron chi connectivity index (χ3n) is 5.52. The molecule has 8 heteroatoms. The van der Waals surface area contributed by atoms with Crippen LogP contribution in [0.4, 0.5) is 0 Å². The molecule has 0 aliphatic heterocycles. The molecule has 0 amide bonds. The van der Waals surface area contributed by atoms with Crippen molar-refractivity contribution in [1.29, 1.82) is 0 Å². The van der Waals surface area contributed by atoms with E-state index in [4.69, 9.17) is 39.9 Å². The second kappa shape index (κ2) is 7.34. The van der Waals surface area contributed by atoms with Gasteiger partial charge in [0.15, 0.2) is 5.01 Å². The summed E-state index contributed by atoms with van der Waals surface area (Å²) in [6, 6.07) is 13.1. The Bertz CT molecular complexity index is 1260. The lowest BCUT2D eigenvalue weighted by Gasteiger charge is -2.11. The smallest absolute Gasteiger partial charge is 0.168 e. The summed E-state index contributed by atoms with van der Waals surface area (Å²) >= 11 is 20.4. The Labute approximate surface area is 193 Å². The first-order valence-electron chi connectivity index (χ1n) is 9.51. The lowest BCUT2D eigenvalue weighted by molar-refractivity contribution is 0.757. The zero-order valence-corrected chi connectivity index (χ0v) is 19.4. The summed E-state index contributed by atoms with van der Waals surface area (Å²) < 4.78 is 1.85. The van der Waals surface area contributed by atoms with Gasteiger partial charge in [-0.05, 0) is 50.1 Å². The van der Waals surface area contributed by atoms with E-state index in [1.54, 1.807) is 17.4 Å². The summed E-state index contributed by atoms with van der Waals surface area (Å²) in [5, 5.41) is 17.5. The zero-order valence-electron chi connectivity index (χ0n) is 16.3. The molecule has 30 heavy (non-hydrogen) atoms. The van der Waals surface area contributed by atoms with Crippen molar-refractivity contribution in [1.82, 2.24) is 20.0 Å². The van der Waals surface area contributed by atoms with Crippen molar-refractivity contribution in [2.75, 3.05) is 0 Å². The van der Waals surface area contributed by atoms with E-state index in [2.05, 4.69) is 17.1 Å². The van der Waals surface area contributed by atoms with Gasteiger partial charge in [-0.1, -0.05) is 65.2 Å². The van der Waals surface area contributed by atoms with Crippen molar-refractivity contribution in [3.63, 3.8) is 0 Å². The van der Waals surface area contributed by atoms with Crippen LogP contribution in [0.3, 0.4) is 0 Å². The predicted octanol–water partition coefficient (Wildman–Crippen LogP) is 7.38. The number of nitrogens with zero attached hydrogens (tertiary/aromatic N) is 4. The van der Waals surface area contributed by atoms with E-state index in [1.807, 2.05) is 48.0 Å². The molecule has 1 fully saturated rings. The fourth-order valence-electron chi connectivity index (χ4n) is 3.44. The Kier molecular flexibility index (Phi) is 4.90. The van der Waals surface area contributed by atoms with E-state index in [0.717, 1.165) is 51.1 Å². The van der Waals surface area contributed by atoms with Crippen LogP contribution < -0.4 is 0 Å². The van der Waals surface area contributed by atoms with Crippen LogP contribution >= 0.6 is 46.1 Å². The molecule has 5 rings (SSSR count). The minimum absolute atomic E-state index is 0.172. The summed E-state index contributed by atoms with van der Waals surface area (Å²) in [7, 11) is 0. The number of benzene rings is 2. The topological polar surface area (TPSA) is 43.6 Å². The summed E-state index contributed by atoms with van der Waals surface area (Å²) in [5.74, 6) is 0. The number of hydrogen-bond donors (Lipinski definition) is 0. The molecule has 2 aromatic heterocycles. The van der Waals surface area contributed by atoms with Gasteiger partial charge in [0.25, 0.3) is 0 Å². The fraction of sp³-hybridized carbons (Fsp3) is 0.227. The number of hydrogen-bond acceptors (Lipinski definition) is 4. The zero-order chi connectivity index (χ0) is 21.0. The third kappa shape index (κ3) is 3.44. The van der Waals surface area contributed by atoms with Gasteiger partial charge in [0, 0.05) is 26.6 Å². The summed E-state index contributed by atoms with van der Waals surface area (Å²) in [6.45, 7) is 4.28. The molecule has 2 aromatic carbocycles. The van der Waals surface area contributed by atoms with Crippen LogP contribution in [0.1, 0.15) is 30.3 Å². The molecular weight excluding hydrogens is 459 g/mol. The van der Waals surface area contributed by atoms with Crippen LogP contribution in [-0.4, -0.2) is 20.0 Å². The first kappa shape index (κ1) is 20.0. The van der Waals surface area contributed by atoms with Gasteiger partial charge in [-0.25, -0.2) is 4.68 Å². The molecule has 4 aromatic rings. The van der Waals surface area contributed by atoms with Crippen molar-refractivity contribution in [2.45, 2.75) is 32.1 Å². The normalized spacial score (nSPS) is 14.8. The van der Waals surface area contributed by atoms with Crippen LogP contribution in [-0.2, 0) is 5.41 Å². The van der Waals surface area contributed by atoms with E-state index in [0.29, 0.717) is 15.1 Å². The van der Waals surface area contributed by atoms with Gasteiger partial charge in [-0.3, -0.25) is 0 Å². The standard InChI is InChI=1S/C22H17Cl3N4S/c1-12-18(20-26-27-21(30-20)22(2)9-10-22)28-29(17-8-7-15(24)11-16(17)25)19(12)13-3-5-14(23)6-4-13/h3-8,11H,9-10H2,1-2H3. The van der Waals surface area contributed by atoms with Crippen LogP contribution in [0.15, 0.2) is 42.5 Å². The van der Waals surface area contributed by atoms with Crippen molar-refractivity contribution >= 4 is 46.1 Å². The van der Waals surface area contributed by atoms with Crippen LogP contribution in [0.2, 0.25) is 15.1 Å². The third-order valence-corrected chi connectivity index (χ3v) is 7.55. The average molecular weight is 476 g/mol. The van der Waals surface area contributed by atoms with Gasteiger partial charge in [-0.15, -0.1) is 10.2 Å². The van der Waals surface area contributed by atoms with Gasteiger partial charge in [0.2, 0.25) is 0 Å². The highest BCUT2D eigenvalue weighted by molar-refractivity contribution is 7.14. The summed E-state index contributed by atoms with van der Waals surface area (Å²) in [4.78, 5) is 0. The van der Waals surface area contributed by atoms with E-state index >= 15 is 0 Å². The number of rotatable bonds is 4. The molecule has 152 valence electrons. The Hall–Kier alpha value is -1.92. The summed E-state index contributed by atoms with van der Waals surface area (Å²) in [6.07, 6.45) is 2.32. The first-order chi connectivity index (χ1) is 14.4. The molecule has 0 unspecified atom stereocenters. The minimum atomic E-state index is 0.172. The maximum atomic E-state index is 6.54. The molecular formula is C22H17Cl3N4S. The first-order valence-corrected chi connectivity index (χ1v) is 11.5. The Morgan fingerprint density at radius 1 is 0.967 bits per heavy atom. The van der Waals surface area contributed by atoms with Crippen molar-refractivity contribution < 1.29 is 0 Å². The van der Waals surface area contributed by atoms with Gasteiger partial charge >= 0.3 is 0 Å². The molecule has 0 bridgehead atoms. The highest BCUT2D eigenvalue weighted by Gasteiger charge is 2.42. The van der Waals surface area contributed by atoms with Gasteiger partial charge < -0.3 is 0 Å². The molecule has 4 nitrogen and oxygen atoms in total. The molecule has 1 aliphatic carbocycles.